The van der Waals surface area contributed by atoms with Gasteiger partial charge in [0.25, 0.3) is 0 Å². The normalized spacial score (nSPS) is 12.2. The van der Waals surface area contributed by atoms with Gasteiger partial charge in [0.15, 0.2) is 0 Å². The standard InChI is InChI=1S/C14H18F3N3/c1-20-12-7-6-10(14(15,16)17)9-11(12)19-13(20)5-3-2-4-8-18/h6-7,9H,2-5,8,18H2,1H3. The molecule has 0 unspecified atom stereocenters. The third-order valence-corrected chi connectivity index (χ3v) is 3.41. The Kier molecular flexibility index (Phi) is 4.32. The Morgan fingerprint density at radius 2 is 1.95 bits per heavy atom. The highest BCUT2D eigenvalue weighted by Crippen LogP contribution is 2.31. The fourth-order valence-electron chi connectivity index (χ4n) is 2.25. The SMILES string of the molecule is Cn1c(CCCCCN)nc2cc(C(F)(F)F)ccc21. The van der Waals surface area contributed by atoms with E-state index in [0.717, 1.165) is 49.2 Å². The molecule has 0 fully saturated rings. The zero-order chi connectivity index (χ0) is 14.8. The summed E-state index contributed by atoms with van der Waals surface area (Å²) in [7, 11) is 1.83. The van der Waals surface area contributed by atoms with Crippen molar-refractivity contribution in [2.45, 2.75) is 31.9 Å². The monoisotopic (exact) mass is 285 g/mol. The summed E-state index contributed by atoms with van der Waals surface area (Å²) in [5, 5.41) is 0. The lowest BCUT2D eigenvalue weighted by molar-refractivity contribution is -0.137. The molecule has 0 saturated heterocycles. The van der Waals surface area contributed by atoms with Crippen molar-refractivity contribution in [2.24, 2.45) is 12.8 Å². The number of aromatic nitrogens is 2. The molecule has 2 rings (SSSR count). The smallest absolute Gasteiger partial charge is 0.331 e. The average molecular weight is 285 g/mol. The number of rotatable bonds is 5. The lowest BCUT2D eigenvalue weighted by Gasteiger charge is -2.06. The molecule has 1 aromatic carbocycles. The van der Waals surface area contributed by atoms with Crippen LogP contribution in [0.25, 0.3) is 11.0 Å². The second kappa shape index (κ2) is 5.83. The molecule has 3 nitrogen and oxygen atoms in total. The summed E-state index contributed by atoms with van der Waals surface area (Å²) in [4.78, 5) is 4.32. The van der Waals surface area contributed by atoms with Crippen molar-refractivity contribution < 1.29 is 13.2 Å². The lowest BCUT2D eigenvalue weighted by atomic mass is 10.2. The van der Waals surface area contributed by atoms with Crippen molar-refractivity contribution >= 4 is 11.0 Å². The molecule has 0 spiro atoms. The minimum atomic E-state index is -4.33. The van der Waals surface area contributed by atoms with Crippen molar-refractivity contribution in [1.82, 2.24) is 9.55 Å². The van der Waals surface area contributed by atoms with Crippen LogP contribution < -0.4 is 5.73 Å². The largest absolute Gasteiger partial charge is 0.416 e. The number of nitrogens with zero attached hydrogens (tertiary/aromatic N) is 2. The predicted molar refractivity (Wildman–Crippen MR) is 72.3 cm³/mol. The number of hydrogen-bond acceptors (Lipinski definition) is 2. The molecule has 0 atom stereocenters. The summed E-state index contributed by atoms with van der Waals surface area (Å²) in [5.41, 5.74) is 5.90. The van der Waals surface area contributed by atoms with Gasteiger partial charge in [-0.1, -0.05) is 6.42 Å². The van der Waals surface area contributed by atoms with E-state index in [1.54, 1.807) is 0 Å². The van der Waals surface area contributed by atoms with Crippen molar-refractivity contribution in [3.05, 3.63) is 29.6 Å². The van der Waals surface area contributed by atoms with Crippen molar-refractivity contribution in [3.63, 3.8) is 0 Å². The van der Waals surface area contributed by atoms with E-state index in [1.807, 2.05) is 11.6 Å². The number of imidazole rings is 1. The zero-order valence-corrected chi connectivity index (χ0v) is 11.4. The van der Waals surface area contributed by atoms with Gasteiger partial charge in [-0.3, -0.25) is 0 Å². The predicted octanol–water partition coefficient (Wildman–Crippen LogP) is 3.26. The number of fused-ring (bicyclic) bond motifs is 1. The first-order valence-electron chi connectivity index (χ1n) is 6.66. The summed E-state index contributed by atoms with van der Waals surface area (Å²) in [6, 6.07) is 3.69. The second-order valence-corrected chi connectivity index (χ2v) is 4.89. The van der Waals surface area contributed by atoms with E-state index < -0.39 is 11.7 Å². The maximum absolute atomic E-state index is 12.7. The van der Waals surface area contributed by atoms with Crippen LogP contribution in [0.4, 0.5) is 13.2 Å². The molecule has 1 heterocycles. The van der Waals surface area contributed by atoms with Gasteiger partial charge in [0.2, 0.25) is 0 Å². The maximum atomic E-state index is 12.7. The minimum absolute atomic E-state index is 0.399. The number of nitrogens with two attached hydrogens (primary N) is 1. The van der Waals surface area contributed by atoms with Gasteiger partial charge >= 0.3 is 6.18 Å². The molecule has 2 N–H and O–H groups in total. The molecule has 0 radical (unpaired) electrons. The number of aryl methyl sites for hydroxylation is 2. The maximum Gasteiger partial charge on any atom is 0.416 e. The Morgan fingerprint density at radius 1 is 1.20 bits per heavy atom. The summed E-state index contributed by atoms with van der Waals surface area (Å²) in [5.74, 6) is 0.816. The first-order valence-corrected chi connectivity index (χ1v) is 6.66. The summed E-state index contributed by atoms with van der Waals surface area (Å²) in [6.07, 6.45) is -0.657. The van der Waals surface area contributed by atoms with Gasteiger partial charge in [-0.25, -0.2) is 4.98 Å². The van der Waals surface area contributed by atoms with E-state index in [-0.39, 0.29) is 0 Å². The lowest BCUT2D eigenvalue weighted by Crippen LogP contribution is -2.04. The van der Waals surface area contributed by atoms with Gasteiger partial charge in [-0.15, -0.1) is 0 Å². The van der Waals surface area contributed by atoms with E-state index in [9.17, 15) is 13.2 Å². The highest BCUT2D eigenvalue weighted by molar-refractivity contribution is 5.77. The fraction of sp³-hybridized carbons (Fsp3) is 0.500. The van der Waals surface area contributed by atoms with Gasteiger partial charge in [0.05, 0.1) is 16.6 Å². The first-order chi connectivity index (χ1) is 9.43. The van der Waals surface area contributed by atoms with Gasteiger partial charge in [0.1, 0.15) is 5.82 Å². The van der Waals surface area contributed by atoms with Crippen LogP contribution >= 0.6 is 0 Å². The van der Waals surface area contributed by atoms with E-state index in [0.29, 0.717) is 12.1 Å². The highest BCUT2D eigenvalue weighted by atomic mass is 19.4. The quantitative estimate of drug-likeness (QED) is 0.857. The second-order valence-electron chi connectivity index (χ2n) is 4.89. The van der Waals surface area contributed by atoms with Crippen LogP contribution in [0.15, 0.2) is 18.2 Å². The fourth-order valence-corrected chi connectivity index (χ4v) is 2.25. The van der Waals surface area contributed by atoms with Crippen LogP contribution in [-0.4, -0.2) is 16.1 Å². The Balaban J connectivity index is 2.23. The van der Waals surface area contributed by atoms with Gasteiger partial charge < -0.3 is 10.3 Å². The van der Waals surface area contributed by atoms with Gasteiger partial charge in [-0.2, -0.15) is 13.2 Å². The van der Waals surface area contributed by atoms with Crippen molar-refractivity contribution in [3.8, 4) is 0 Å². The number of benzene rings is 1. The van der Waals surface area contributed by atoms with Crippen LogP contribution in [0, 0.1) is 0 Å². The third kappa shape index (κ3) is 3.12. The van der Waals surface area contributed by atoms with Gasteiger partial charge in [-0.05, 0) is 37.6 Å². The van der Waals surface area contributed by atoms with Crippen molar-refractivity contribution in [2.75, 3.05) is 6.54 Å². The molecule has 0 saturated carbocycles. The van der Waals surface area contributed by atoms with E-state index >= 15 is 0 Å². The Labute approximate surface area is 115 Å². The molecule has 2 aromatic rings. The van der Waals surface area contributed by atoms with Crippen LogP contribution in [0.3, 0.4) is 0 Å². The molecule has 110 valence electrons. The molecule has 0 amide bonds. The van der Waals surface area contributed by atoms with E-state index in [1.165, 1.54) is 6.07 Å². The minimum Gasteiger partial charge on any atom is -0.331 e. The molecule has 0 aliphatic carbocycles. The number of hydrogen-bond donors (Lipinski definition) is 1. The summed E-state index contributed by atoms with van der Waals surface area (Å²) >= 11 is 0. The third-order valence-electron chi connectivity index (χ3n) is 3.41. The number of halogens is 3. The average Bonchev–Trinajstić information content (AvgIpc) is 2.70. The Bertz CT molecular complexity index is 587. The highest BCUT2D eigenvalue weighted by Gasteiger charge is 2.30. The van der Waals surface area contributed by atoms with Crippen LogP contribution in [0.2, 0.25) is 0 Å². The number of unbranched alkanes of at least 4 members (excludes halogenated alkanes) is 2. The Morgan fingerprint density at radius 3 is 2.60 bits per heavy atom. The molecule has 20 heavy (non-hydrogen) atoms. The molecule has 0 aliphatic heterocycles. The first kappa shape index (κ1) is 14.8. The van der Waals surface area contributed by atoms with E-state index in [4.69, 9.17) is 5.73 Å². The molecular formula is C14H18F3N3. The molecule has 0 aliphatic rings. The molecular weight excluding hydrogens is 267 g/mol. The topological polar surface area (TPSA) is 43.8 Å². The summed E-state index contributed by atoms with van der Waals surface area (Å²) in [6.45, 7) is 0.664. The van der Waals surface area contributed by atoms with Crippen LogP contribution in [-0.2, 0) is 19.6 Å². The molecule has 0 bridgehead atoms. The van der Waals surface area contributed by atoms with Gasteiger partial charge in [0, 0.05) is 13.5 Å². The molecule has 1 aromatic heterocycles. The summed E-state index contributed by atoms with van der Waals surface area (Å²) < 4.78 is 39.9. The number of alkyl halides is 3. The molecule has 6 heteroatoms. The zero-order valence-electron chi connectivity index (χ0n) is 11.4. The Hall–Kier alpha value is -1.56. The van der Waals surface area contributed by atoms with Crippen LogP contribution in [0.5, 0.6) is 0 Å². The van der Waals surface area contributed by atoms with Crippen LogP contribution in [0.1, 0.15) is 30.7 Å². The van der Waals surface area contributed by atoms with Crippen molar-refractivity contribution in [1.29, 1.82) is 0 Å². The van der Waals surface area contributed by atoms with E-state index in [2.05, 4.69) is 4.98 Å².